The number of aromatic amines is 1. The Morgan fingerprint density at radius 1 is 0.933 bits per heavy atom. The third kappa shape index (κ3) is 4.41. The number of rotatable bonds is 5. The Labute approximate surface area is 264 Å². The number of imide groups is 1. The average molecular weight is 649 g/mol. The zero-order valence-electron chi connectivity index (χ0n) is 23.9. The van der Waals surface area contributed by atoms with Crippen LogP contribution >= 0.6 is 23.1 Å². The maximum absolute atomic E-state index is 14.0. The summed E-state index contributed by atoms with van der Waals surface area (Å²) in [7, 11) is 0. The van der Waals surface area contributed by atoms with Crippen molar-refractivity contribution >= 4 is 40.6 Å². The van der Waals surface area contributed by atoms with Gasteiger partial charge in [0.15, 0.2) is 0 Å². The SMILES string of the molecule is Cc1cccc(COc2ccccc2C2c3sc(=O)[nH]c3SC3C2[C@H]2C[C@@H]3C3C(=O)N(c4ccccc4C(F)(F)F)C(=O)C32)c1. The number of thioether (sulfide) groups is 1. The number of fused-ring (bicyclic) bond motifs is 9. The standard InChI is InChI=1S/C34H27F3N2O4S2/c1-16-7-6-8-17(13-16)15-43-23-12-5-2-9-18(23)24-25-19-14-20(28(25)44-30-29(24)45-33(42)38-30)27-26(19)31(40)39(32(27)41)22-11-4-3-10-21(22)34(35,36)37/h2-13,19-20,24-28H,14-15H2,1H3,(H,38,42)/t19-,20-,24?,25?,26?,27?,28?/m1/s1. The molecule has 4 aliphatic rings. The topological polar surface area (TPSA) is 79.5 Å². The minimum Gasteiger partial charge on any atom is -0.489 e. The number of hydrogen-bond donors (Lipinski definition) is 1. The van der Waals surface area contributed by atoms with Gasteiger partial charge in [-0.1, -0.05) is 71.5 Å². The average Bonchev–Trinajstić information content (AvgIpc) is 3.74. The molecule has 1 N–H and O–H groups in total. The lowest BCUT2D eigenvalue weighted by atomic mass is 9.68. The second kappa shape index (κ2) is 10.3. The molecule has 2 saturated carbocycles. The number of benzene rings is 3. The van der Waals surface area contributed by atoms with Crippen LogP contribution in [0, 0.1) is 36.5 Å². The Bertz CT molecular complexity index is 1920. The number of H-pyrrole nitrogens is 1. The molecule has 3 aromatic carbocycles. The number of halogens is 3. The smallest absolute Gasteiger partial charge is 0.418 e. The molecule has 0 spiro atoms. The molecule has 5 unspecified atom stereocenters. The second-order valence-electron chi connectivity index (χ2n) is 12.3. The van der Waals surface area contributed by atoms with Gasteiger partial charge in [0, 0.05) is 21.6 Å². The van der Waals surface area contributed by atoms with Crippen LogP contribution in [0.1, 0.15) is 39.5 Å². The van der Waals surface area contributed by atoms with Crippen LogP contribution in [-0.2, 0) is 22.4 Å². The van der Waals surface area contributed by atoms with E-state index in [1.54, 1.807) is 0 Å². The van der Waals surface area contributed by atoms with Crippen molar-refractivity contribution in [2.75, 3.05) is 4.90 Å². The first kappa shape index (κ1) is 28.6. The molecule has 2 aliphatic heterocycles. The zero-order valence-corrected chi connectivity index (χ0v) is 25.5. The van der Waals surface area contributed by atoms with Crippen LogP contribution in [0.25, 0.3) is 0 Å². The van der Waals surface area contributed by atoms with Crippen LogP contribution in [0.4, 0.5) is 18.9 Å². The summed E-state index contributed by atoms with van der Waals surface area (Å²) in [6, 6.07) is 20.6. The normalized spacial score (nSPS) is 28.3. The molecule has 11 heteroatoms. The lowest BCUT2D eigenvalue weighted by Crippen LogP contribution is -2.42. The van der Waals surface area contributed by atoms with E-state index in [0.717, 1.165) is 48.9 Å². The van der Waals surface area contributed by atoms with E-state index in [1.165, 1.54) is 30.0 Å². The number of nitrogens with one attached hydrogen (secondary N) is 1. The van der Waals surface area contributed by atoms with Crippen LogP contribution in [0.2, 0.25) is 0 Å². The number of carbonyl (C=O) groups excluding carboxylic acids is 2. The van der Waals surface area contributed by atoms with Gasteiger partial charge in [0.25, 0.3) is 0 Å². The van der Waals surface area contributed by atoms with Gasteiger partial charge >= 0.3 is 11.0 Å². The van der Waals surface area contributed by atoms with Crippen LogP contribution in [0.3, 0.4) is 0 Å². The zero-order chi connectivity index (χ0) is 31.2. The van der Waals surface area contributed by atoms with Crippen molar-refractivity contribution in [1.29, 1.82) is 0 Å². The highest BCUT2D eigenvalue weighted by Crippen LogP contribution is 2.69. The molecule has 2 aliphatic carbocycles. The number of amides is 2. The summed E-state index contributed by atoms with van der Waals surface area (Å²) in [6.45, 7) is 2.37. The Hall–Kier alpha value is -3.83. The number of aryl methyl sites for hydroxylation is 1. The van der Waals surface area contributed by atoms with Crippen molar-refractivity contribution in [3.63, 3.8) is 0 Å². The fourth-order valence-corrected chi connectivity index (χ4v) is 11.2. The molecular formula is C34H27F3N2O4S2. The molecule has 2 bridgehead atoms. The molecule has 8 rings (SSSR count). The van der Waals surface area contributed by atoms with E-state index in [2.05, 4.69) is 11.1 Å². The fraction of sp³-hybridized carbons (Fsp3) is 0.324. The highest BCUT2D eigenvalue weighted by molar-refractivity contribution is 8.00. The van der Waals surface area contributed by atoms with E-state index in [1.807, 2.05) is 49.4 Å². The monoisotopic (exact) mass is 648 g/mol. The van der Waals surface area contributed by atoms with Gasteiger partial charge in [0.2, 0.25) is 11.8 Å². The van der Waals surface area contributed by atoms with E-state index >= 15 is 0 Å². The van der Waals surface area contributed by atoms with E-state index in [9.17, 15) is 27.6 Å². The number of thiazole rings is 1. The predicted molar refractivity (Wildman–Crippen MR) is 164 cm³/mol. The number of carbonyl (C=O) groups is 2. The molecule has 3 fully saturated rings. The van der Waals surface area contributed by atoms with E-state index in [0.29, 0.717) is 18.8 Å². The molecule has 2 amide bonds. The van der Waals surface area contributed by atoms with Crippen molar-refractivity contribution in [3.8, 4) is 5.75 Å². The largest absolute Gasteiger partial charge is 0.489 e. The first-order chi connectivity index (χ1) is 21.6. The molecule has 1 aromatic heterocycles. The number of ether oxygens (including phenoxy) is 1. The molecule has 6 nitrogen and oxygen atoms in total. The number of anilines is 1. The highest BCUT2D eigenvalue weighted by atomic mass is 32.2. The van der Waals surface area contributed by atoms with E-state index in [-0.39, 0.29) is 33.8 Å². The van der Waals surface area contributed by atoms with Gasteiger partial charge < -0.3 is 9.72 Å². The number of hydrogen-bond acceptors (Lipinski definition) is 6. The lowest BCUT2D eigenvalue weighted by molar-refractivity contribution is -0.137. The molecular weight excluding hydrogens is 622 g/mol. The summed E-state index contributed by atoms with van der Waals surface area (Å²) in [5, 5.41) is 0.656. The van der Waals surface area contributed by atoms with Gasteiger partial charge in [0.05, 0.1) is 28.1 Å². The van der Waals surface area contributed by atoms with Crippen LogP contribution in [0.15, 0.2) is 82.6 Å². The highest BCUT2D eigenvalue weighted by Gasteiger charge is 2.70. The molecule has 230 valence electrons. The Kier molecular flexibility index (Phi) is 6.58. The van der Waals surface area contributed by atoms with Gasteiger partial charge in [-0.05, 0) is 54.9 Å². The summed E-state index contributed by atoms with van der Waals surface area (Å²) in [4.78, 5) is 45.1. The van der Waals surface area contributed by atoms with Gasteiger partial charge in [-0.15, -0.1) is 11.8 Å². The van der Waals surface area contributed by atoms with E-state index in [4.69, 9.17) is 4.74 Å². The first-order valence-electron chi connectivity index (χ1n) is 14.8. The summed E-state index contributed by atoms with van der Waals surface area (Å²) in [6.07, 6.45) is -4.09. The Morgan fingerprint density at radius 2 is 1.67 bits per heavy atom. The third-order valence-corrected chi connectivity index (χ3v) is 12.5. The van der Waals surface area contributed by atoms with Crippen molar-refractivity contribution in [2.24, 2.45) is 29.6 Å². The fourth-order valence-electron chi connectivity index (χ4n) is 8.34. The molecule has 4 aromatic rings. The molecule has 3 heterocycles. The first-order valence-corrected chi connectivity index (χ1v) is 16.5. The Morgan fingerprint density at radius 3 is 2.44 bits per heavy atom. The van der Waals surface area contributed by atoms with E-state index < -0.39 is 41.1 Å². The van der Waals surface area contributed by atoms with Crippen molar-refractivity contribution in [3.05, 3.63) is 110 Å². The minimum atomic E-state index is -4.72. The Balaban J connectivity index is 1.19. The molecule has 7 atom stereocenters. The van der Waals surface area contributed by atoms with Crippen LogP contribution in [0.5, 0.6) is 5.75 Å². The van der Waals surface area contributed by atoms with Crippen LogP contribution < -0.4 is 14.5 Å². The maximum atomic E-state index is 14.0. The van der Waals surface area contributed by atoms with Crippen molar-refractivity contribution in [2.45, 2.75) is 42.3 Å². The van der Waals surface area contributed by atoms with Crippen molar-refractivity contribution in [1.82, 2.24) is 4.98 Å². The van der Waals surface area contributed by atoms with Gasteiger partial charge in [0.1, 0.15) is 12.4 Å². The molecule has 45 heavy (non-hydrogen) atoms. The summed E-state index contributed by atoms with van der Waals surface area (Å²) < 4.78 is 48.3. The van der Waals surface area contributed by atoms with Crippen molar-refractivity contribution < 1.29 is 27.5 Å². The number of para-hydroxylation sites is 2. The number of nitrogens with zero attached hydrogens (tertiary/aromatic N) is 1. The number of aromatic nitrogens is 1. The lowest BCUT2D eigenvalue weighted by Gasteiger charge is -2.43. The van der Waals surface area contributed by atoms with Gasteiger partial charge in [-0.25, -0.2) is 4.90 Å². The van der Waals surface area contributed by atoms with Gasteiger partial charge in [-0.2, -0.15) is 13.2 Å². The van der Waals surface area contributed by atoms with Crippen LogP contribution in [-0.4, -0.2) is 22.0 Å². The third-order valence-electron chi connectivity index (χ3n) is 9.91. The molecule has 1 saturated heterocycles. The van der Waals surface area contributed by atoms with Gasteiger partial charge in [-0.3, -0.25) is 14.4 Å². The predicted octanol–water partition coefficient (Wildman–Crippen LogP) is 7.02. The summed E-state index contributed by atoms with van der Waals surface area (Å²) in [5.74, 6) is -2.70. The minimum absolute atomic E-state index is 0.0987. The quantitative estimate of drug-likeness (QED) is 0.236. The summed E-state index contributed by atoms with van der Waals surface area (Å²) >= 11 is 2.68. The molecule has 0 radical (unpaired) electrons. The second-order valence-corrected chi connectivity index (χ2v) is 14.5. The number of alkyl halides is 3. The summed E-state index contributed by atoms with van der Waals surface area (Å²) in [5.41, 5.74) is 1.64. The maximum Gasteiger partial charge on any atom is 0.418 e.